The van der Waals surface area contributed by atoms with Crippen molar-refractivity contribution < 1.29 is 4.79 Å². The number of halogens is 1. The molecule has 3 nitrogen and oxygen atoms in total. The average molecular weight is 311 g/mol. The van der Waals surface area contributed by atoms with Crippen LogP contribution in [-0.2, 0) is 17.6 Å². The number of nitrogens with zero attached hydrogens (tertiary/aromatic N) is 1. The molecule has 1 amide bonds. The van der Waals surface area contributed by atoms with Gasteiger partial charge in [0.15, 0.2) is 0 Å². The van der Waals surface area contributed by atoms with Crippen molar-refractivity contribution >= 4 is 18.3 Å². The molecular weight excluding hydrogens is 284 g/mol. The third kappa shape index (κ3) is 5.33. The molecule has 21 heavy (non-hydrogen) atoms. The van der Waals surface area contributed by atoms with E-state index >= 15 is 0 Å². The van der Waals surface area contributed by atoms with Gasteiger partial charge >= 0.3 is 0 Å². The van der Waals surface area contributed by atoms with Crippen LogP contribution in [-0.4, -0.2) is 37.0 Å². The Morgan fingerprint density at radius 3 is 2.29 bits per heavy atom. The minimum Gasteiger partial charge on any atom is -0.343 e. The molecule has 0 unspecified atom stereocenters. The van der Waals surface area contributed by atoms with Crippen LogP contribution in [0, 0.1) is 0 Å². The first-order chi connectivity index (χ1) is 9.72. The summed E-state index contributed by atoms with van der Waals surface area (Å²) in [6.45, 7) is 3.96. The van der Waals surface area contributed by atoms with Crippen molar-refractivity contribution in [1.82, 2.24) is 10.2 Å². The van der Waals surface area contributed by atoms with Crippen LogP contribution < -0.4 is 5.32 Å². The lowest BCUT2D eigenvalue weighted by Gasteiger charge is -2.31. The molecule has 0 saturated carbocycles. The Balaban J connectivity index is 0.00000220. The summed E-state index contributed by atoms with van der Waals surface area (Å²) in [5, 5.41) is 3.29. The molecule has 0 radical (unpaired) electrons. The van der Waals surface area contributed by atoms with E-state index in [-0.39, 0.29) is 12.4 Å². The largest absolute Gasteiger partial charge is 0.343 e. The lowest BCUT2D eigenvalue weighted by molar-refractivity contribution is -0.132. The van der Waals surface area contributed by atoms with Crippen molar-refractivity contribution in [2.45, 2.75) is 45.1 Å². The van der Waals surface area contributed by atoms with E-state index in [0.29, 0.717) is 18.4 Å². The summed E-state index contributed by atoms with van der Waals surface area (Å²) < 4.78 is 0. The summed E-state index contributed by atoms with van der Waals surface area (Å²) >= 11 is 0. The third-order valence-electron chi connectivity index (χ3n) is 4.31. The molecule has 2 rings (SSSR count). The van der Waals surface area contributed by atoms with Gasteiger partial charge in [-0.1, -0.05) is 31.2 Å². The first-order valence-corrected chi connectivity index (χ1v) is 7.75. The van der Waals surface area contributed by atoms with Gasteiger partial charge in [-0.3, -0.25) is 4.79 Å². The number of hydrogen-bond donors (Lipinski definition) is 1. The summed E-state index contributed by atoms with van der Waals surface area (Å²) in [5.74, 6) is 0.305. The molecule has 4 heteroatoms. The molecule has 1 aliphatic rings. The van der Waals surface area contributed by atoms with Crippen molar-refractivity contribution in [2.75, 3.05) is 20.1 Å². The Labute approximate surface area is 134 Å². The molecule has 1 N–H and O–H groups in total. The number of nitrogens with one attached hydrogen (secondary N) is 1. The molecule has 1 saturated heterocycles. The van der Waals surface area contributed by atoms with Gasteiger partial charge in [0.2, 0.25) is 5.91 Å². The number of piperidine rings is 1. The van der Waals surface area contributed by atoms with Gasteiger partial charge in [0, 0.05) is 25.6 Å². The number of likely N-dealkylation sites (tertiary alicyclic amines) is 1. The van der Waals surface area contributed by atoms with Gasteiger partial charge in [-0.05, 0) is 43.9 Å². The summed E-state index contributed by atoms with van der Waals surface area (Å²) in [5.41, 5.74) is 2.62. The highest BCUT2D eigenvalue weighted by molar-refractivity contribution is 5.85. The highest BCUT2D eigenvalue weighted by Crippen LogP contribution is 2.13. The standard InChI is InChI=1S/C17H26N2O.ClH/c1-3-14-4-6-15(7-5-14)8-9-17(20)19-12-10-16(18-2)11-13-19;/h4-7,16,18H,3,8-13H2,1-2H3;1H. The molecule has 0 spiro atoms. The van der Waals surface area contributed by atoms with E-state index in [2.05, 4.69) is 36.5 Å². The number of amides is 1. The smallest absolute Gasteiger partial charge is 0.222 e. The van der Waals surface area contributed by atoms with E-state index < -0.39 is 0 Å². The molecule has 1 fully saturated rings. The SMILES string of the molecule is CCc1ccc(CCC(=O)N2CCC(NC)CC2)cc1.Cl. The molecule has 1 aliphatic heterocycles. The highest BCUT2D eigenvalue weighted by Gasteiger charge is 2.21. The number of benzene rings is 1. The Kier molecular flexibility index (Phi) is 7.76. The lowest BCUT2D eigenvalue weighted by Crippen LogP contribution is -2.44. The van der Waals surface area contributed by atoms with E-state index in [1.54, 1.807) is 0 Å². The van der Waals surface area contributed by atoms with E-state index in [4.69, 9.17) is 0 Å². The normalized spacial score (nSPS) is 15.6. The van der Waals surface area contributed by atoms with Crippen LogP contribution in [0.5, 0.6) is 0 Å². The van der Waals surface area contributed by atoms with Crippen LogP contribution >= 0.6 is 12.4 Å². The lowest BCUT2D eigenvalue weighted by atomic mass is 10.0. The van der Waals surface area contributed by atoms with Gasteiger partial charge in [0.1, 0.15) is 0 Å². The predicted octanol–water partition coefficient (Wildman–Crippen LogP) is 2.81. The van der Waals surface area contributed by atoms with Gasteiger partial charge in [0.05, 0.1) is 0 Å². The van der Waals surface area contributed by atoms with Crippen molar-refractivity contribution in [3.05, 3.63) is 35.4 Å². The number of carbonyl (C=O) groups excluding carboxylic acids is 1. The zero-order chi connectivity index (χ0) is 14.4. The Morgan fingerprint density at radius 2 is 1.76 bits per heavy atom. The van der Waals surface area contributed by atoms with Crippen LogP contribution in [0.25, 0.3) is 0 Å². The van der Waals surface area contributed by atoms with Crippen LogP contribution in [0.4, 0.5) is 0 Å². The van der Waals surface area contributed by atoms with Gasteiger partial charge < -0.3 is 10.2 Å². The number of rotatable bonds is 5. The topological polar surface area (TPSA) is 32.3 Å². The second-order valence-electron chi connectivity index (χ2n) is 5.61. The fourth-order valence-corrected chi connectivity index (χ4v) is 2.77. The van der Waals surface area contributed by atoms with E-state index in [9.17, 15) is 4.79 Å². The molecule has 1 aromatic rings. The van der Waals surface area contributed by atoms with Gasteiger partial charge in [0.25, 0.3) is 0 Å². The molecule has 0 bridgehead atoms. The first-order valence-electron chi connectivity index (χ1n) is 7.75. The Bertz CT molecular complexity index is 425. The van der Waals surface area contributed by atoms with Crippen LogP contribution in [0.3, 0.4) is 0 Å². The maximum atomic E-state index is 12.2. The molecular formula is C17H27ClN2O. The number of aryl methyl sites for hydroxylation is 2. The second-order valence-corrected chi connectivity index (χ2v) is 5.61. The zero-order valence-corrected chi connectivity index (χ0v) is 13.9. The van der Waals surface area contributed by atoms with Crippen molar-refractivity contribution in [1.29, 1.82) is 0 Å². The summed E-state index contributed by atoms with van der Waals surface area (Å²) in [6, 6.07) is 9.22. The monoisotopic (exact) mass is 310 g/mol. The average Bonchev–Trinajstić information content (AvgIpc) is 2.53. The van der Waals surface area contributed by atoms with E-state index in [1.807, 2.05) is 11.9 Å². The number of carbonyl (C=O) groups is 1. The van der Waals surface area contributed by atoms with Gasteiger partial charge in [-0.15, -0.1) is 12.4 Å². The summed E-state index contributed by atoms with van der Waals surface area (Å²) in [4.78, 5) is 14.2. The van der Waals surface area contributed by atoms with Crippen molar-refractivity contribution in [2.24, 2.45) is 0 Å². The maximum absolute atomic E-state index is 12.2. The molecule has 0 atom stereocenters. The van der Waals surface area contributed by atoms with Crippen molar-refractivity contribution in [3.63, 3.8) is 0 Å². The maximum Gasteiger partial charge on any atom is 0.222 e. The minimum atomic E-state index is 0. The van der Waals surface area contributed by atoms with Crippen LogP contribution in [0.15, 0.2) is 24.3 Å². The Hall–Kier alpha value is -1.06. The van der Waals surface area contributed by atoms with E-state index in [0.717, 1.165) is 38.8 Å². The van der Waals surface area contributed by atoms with E-state index in [1.165, 1.54) is 11.1 Å². The molecule has 0 aliphatic carbocycles. The quantitative estimate of drug-likeness (QED) is 0.907. The summed E-state index contributed by atoms with van der Waals surface area (Å²) in [7, 11) is 2.00. The fourth-order valence-electron chi connectivity index (χ4n) is 2.77. The van der Waals surface area contributed by atoms with Crippen LogP contribution in [0.1, 0.15) is 37.3 Å². The first kappa shape index (κ1) is 18.0. The Morgan fingerprint density at radius 1 is 1.19 bits per heavy atom. The predicted molar refractivity (Wildman–Crippen MR) is 90.1 cm³/mol. The van der Waals surface area contributed by atoms with Gasteiger partial charge in [-0.2, -0.15) is 0 Å². The molecule has 0 aromatic heterocycles. The van der Waals surface area contributed by atoms with Crippen molar-refractivity contribution in [3.8, 4) is 0 Å². The minimum absolute atomic E-state index is 0. The van der Waals surface area contributed by atoms with Crippen LogP contribution in [0.2, 0.25) is 0 Å². The number of hydrogen-bond acceptors (Lipinski definition) is 2. The molecule has 1 aromatic carbocycles. The third-order valence-corrected chi connectivity index (χ3v) is 4.31. The molecule has 118 valence electrons. The fraction of sp³-hybridized carbons (Fsp3) is 0.588. The second kappa shape index (κ2) is 9.06. The summed E-state index contributed by atoms with van der Waals surface area (Å²) in [6.07, 6.45) is 4.71. The zero-order valence-electron chi connectivity index (χ0n) is 13.1. The molecule has 1 heterocycles. The highest BCUT2D eigenvalue weighted by atomic mass is 35.5. The van der Waals surface area contributed by atoms with Gasteiger partial charge in [-0.25, -0.2) is 0 Å².